The van der Waals surface area contributed by atoms with Crippen LogP contribution in [0.3, 0.4) is 0 Å². The monoisotopic (exact) mass is 534 g/mol. The quantitative estimate of drug-likeness (QED) is 0.451. The number of halogens is 3. The predicted molar refractivity (Wildman–Crippen MR) is 125 cm³/mol. The molecule has 6 atom stereocenters. The average Bonchev–Trinajstić information content (AvgIpc) is 2.91. The molecule has 0 spiro atoms. The van der Waals surface area contributed by atoms with E-state index in [2.05, 4.69) is 5.32 Å². The van der Waals surface area contributed by atoms with Gasteiger partial charge in [-0.3, -0.25) is 4.79 Å². The van der Waals surface area contributed by atoms with Crippen LogP contribution < -0.4 is 5.32 Å². The average molecular weight is 535 g/mol. The van der Waals surface area contributed by atoms with Crippen LogP contribution in [-0.4, -0.2) is 52.7 Å². The molecule has 2 aromatic rings. The maximum absolute atomic E-state index is 13.9. The van der Waals surface area contributed by atoms with Gasteiger partial charge in [0.1, 0.15) is 6.10 Å². The van der Waals surface area contributed by atoms with Crippen LogP contribution >= 0.6 is 11.6 Å². The van der Waals surface area contributed by atoms with Gasteiger partial charge < -0.3 is 20.6 Å². The molecular weight excluding hydrogens is 504 g/mol. The number of aliphatic hydroxyl groups is 3. The number of nitrogens with one attached hydrogen (secondary N) is 1. The molecule has 0 aliphatic heterocycles. The maximum Gasteiger partial charge on any atom is 0.255 e. The van der Waals surface area contributed by atoms with Crippen molar-refractivity contribution >= 4 is 33.0 Å². The van der Waals surface area contributed by atoms with Crippen LogP contribution in [0.15, 0.2) is 41.3 Å². The molecule has 0 aromatic heterocycles. The van der Waals surface area contributed by atoms with E-state index in [9.17, 15) is 37.3 Å². The standard InChI is InChI=1S/C24H26ClF2NO6S/c1-12(29)22(30)24(32)14-3-4-15(24)10-17(9-14)35(33,34)21-8-13(2-6-18(21)25)23(31)28-16-5-7-19(26)20(27)11-16/h2,5-8,11-12,14-15,17,22,29-30,32H,3-4,9-10H2,1H3,(H,28,31)/t12?,14-,15?,17?,22?,24?/m0/s1/i3D2,4D2,17D. The number of amides is 1. The highest BCUT2D eigenvalue weighted by atomic mass is 35.5. The van der Waals surface area contributed by atoms with Gasteiger partial charge in [0.05, 0.1) is 26.8 Å². The molecule has 2 aliphatic carbocycles. The van der Waals surface area contributed by atoms with Crippen LogP contribution in [-0.2, 0) is 9.84 Å². The van der Waals surface area contributed by atoms with Gasteiger partial charge >= 0.3 is 0 Å². The molecule has 35 heavy (non-hydrogen) atoms. The van der Waals surface area contributed by atoms with Crippen molar-refractivity contribution in [2.24, 2.45) is 11.8 Å². The Morgan fingerprint density at radius 2 is 1.80 bits per heavy atom. The summed E-state index contributed by atoms with van der Waals surface area (Å²) in [6, 6.07) is 5.61. The second-order valence-corrected chi connectivity index (χ2v) is 11.1. The first kappa shape index (κ1) is 20.0. The molecule has 190 valence electrons. The van der Waals surface area contributed by atoms with Crippen molar-refractivity contribution in [3.05, 3.63) is 58.6 Å². The Bertz CT molecular complexity index is 1450. The van der Waals surface area contributed by atoms with Crippen LogP contribution in [0.4, 0.5) is 14.5 Å². The van der Waals surface area contributed by atoms with Gasteiger partial charge in [-0.15, -0.1) is 0 Å². The molecule has 0 radical (unpaired) electrons. The topological polar surface area (TPSA) is 124 Å². The first-order valence-electron chi connectivity index (χ1n) is 13.1. The lowest BCUT2D eigenvalue weighted by molar-refractivity contribution is -0.172. The molecule has 2 aliphatic rings. The SMILES string of the molecule is [2H]C1([2H])C2CC([2H])(S(=O)(=O)c3cc(C(=O)Nc4ccc(F)c(F)c4)ccc3Cl)C[C@@H](C2(O)C(O)C(C)O)C1([2H])[2H]. The molecule has 2 fully saturated rings. The van der Waals surface area contributed by atoms with Crippen LogP contribution in [0.25, 0.3) is 0 Å². The number of benzene rings is 2. The number of hydrogen-bond donors (Lipinski definition) is 4. The lowest BCUT2D eigenvalue weighted by Crippen LogP contribution is -2.58. The molecule has 0 heterocycles. The summed E-state index contributed by atoms with van der Waals surface area (Å²) < 4.78 is 97.0. The zero-order valence-electron chi connectivity index (χ0n) is 23.3. The molecule has 2 saturated carbocycles. The Labute approximate surface area is 213 Å². The summed E-state index contributed by atoms with van der Waals surface area (Å²) in [5.41, 5.74) is -3.02. The first-order chi connectivity index (χ1) is 18.2. The smallest absolute Gasteiger partial charge is 0.255 e. The van der Waals surface area contributed by atoms with Crippen molar-refractivity contribution in [2.45, 2.75) is 60.4 Å². The summed E-state index contributed by atoms with van der Waals surface area (Å²) in [5, 5.41) is 31.1. The van der Waals surface area contributed by atoms with Crippen LogP contribution in [0.5, 0.6) is 0 Å². The van der Waals surface area contributed by atoms with E-state index in [0.717, 1.165) is 37.3 Å². The van der Waals surface area contributed by atoms with E-state index in [4.69, 9.17) is 18.5 Å². The van der Waals surface area contributed by atoms with E-state index in [1.165, 1.54) is 0 Å². The summed E-state index contributed by atoms with van der Waals surface area (Å²) >= 11 is 6.16. The molecule has 4 N–H and O–H groups in total. The number of hydrogen-bond acceptors (Lipinski definition) is 6. The molecule has 0 saturated heterocycles. The highest BCUT2D eigenvalue weighted by Crippen LogP contribution is 2.54. The molecule has 1 amide bonds. The second kappa shape index (κ2) is 9.40. The minimum atomic E-state index is -4.90. The summed E-state index contributed by atoms with van der Waals surface area (Å²) in [4.78, 5) is 12.1. The largest absolute Gasteiger partial charge is 0.391 e. The summed E-state index contributed by atoms with van der Waals surface area (Å²) in [6.07, 6.45) is -11.4. The minimum absolute atomic E-state index is 0.135. The highest BCUT2D eigenvalue weighted by Gasteiger charge is 2.59. The summed E-state index contributed by atoms with van der Waals surface area (Å²) in [7, 11) is -4.90. The van der Waals surface area contributed by atoms with Gasteiger partial charge in [-0.1, -0.05) is 11.6 Å². The van der Waals surface area contributed by atoms with Gasteiger partial charge in [-0.2, -0.15) is 0 Å². The Morgan fingerprint density at radius 3 is 2.37 bits per heavy atom. The zero-order valence-corrected chi connectivity index (χ0v) is 19.9. The zero-order chi connectivity index (χ0) is 30.2. The Morgan fingerprint density at radius 1 is 1.17 bits per heavy atom. The van der Waals surface area contributed by atoms with Gasteiger partial charge in [0, 0.05) is 24.2 Å². The van der Waals surface area contributed by atoms with Gasteiger partial charge in [0.15, 0.2) is 21.5 Å². The summed E-state index contributed by atoms with van der Waals surface area (Å²) in [5.74, 6) is -7.17. The fourth-order valence-electron chi connectivity index (χ4n) is 4.44. The molecule has 5 unspecified atom stereocenters. The normalized spacial score (nSPS) is 35.0. The number of sulfone groups is 1. The lowest BCUT2D eigenvalue weighted by atomic mass is 9.70. The van der Waals surface area contributed by atoms with Crippen molar-refractivity contribution in [1.29, 1.82) is 0 Å². The Hall–Kier alpha value is -2.11. The van der Waals surface area contributed by atoms with Crippen molar-refractivity contribution in [3.63, 3.8) is 0 Å². The molecule has 7 nitrogen and oxygen atoms in total. The number of carbonyl (C=O) groups is 1. The van der Waals surface area contributed by atoms with Gasteiger partial charge in [-0.25, -0.2) is 17.2 Å². The van der Waals surface area contributed by atoms with Crippen molar-refractivity contribution in [3.8, 4) is 0 Å². The molecular formula is C24H26ClF2NO6S. The molecule has 2 bridgehead atoms. The van der Waals surface area contributed by atoms with Crippen molar-refractivity contribution in [2.75, 3.05) is 5.32 Å². The van der Waals surface area contributed by atoms with Crippen molar-refractivity contribution in [1.82, 2.24) is 0 Å². The van der Waals surface area contributed by atoms with Crippen LogP contribution in [0.1, 0.15) is 49.7 Å². The maximum atomic E-state index is 13.9. The number of fused-ring (bicyclic) bond motifs is 2. The summed E-state index contributed by atoms with van der Waals surface area (Å²) in [6.45, 7) is 1.10. The highest BCUT2D eigenvalue weighted by molar-refractivity contribution is 7.92. The number of aliphatic hydroxyl groups excluding tert-OH is 2. The lowest BCUT2D eigenvalue weighted by Gasteiger charge is -2.46. The van der Waals surface area contributed by atoms with E-state index < -0.39 is 97.8 Å². The first-order valence-corrected chi connectivity index (χ1v) is 12.5. The van der Waals surface area contributed by atoms with Crippen LogP contribution in [0.2, 0.25) is 5.02 Å². The minimum Gasteiger partial charge on any atom is -0.391 e. The molecule has 2 aromatic carbocycles. The number of rotatable bonds is 6. The van der Waals surface area contributed by atoms with E-state index in [1.54, 1.807) is 0 Å². The van der Waals surface area contributed by atoms with E-state index in [-0.39, 0.29) is 11.3 Å². The Balaban J connectivity index is 1.74. The van der Waals surface area contributed by atoms with Gasteiger partial charge in [0.2, 0.25) is 0 Å². The van der Waals surface area contributed by atoms with E-state index >= 15 is 0 Å². The number of anilines is 1. The third-order valence-electron chi connectivity index (χ3n) is 6.38. The van der Waals surface area contributed by atoms with Crippen LogP contribution in [0, 0.1) is 23.5 Å². The van der Waals surface area contributed by atoms with E-state index in [0.29, 0.717) is 6.07 Å². The third-order valence-corrected chi connectivity index (χ3v) is 8.83. The van der Waals surface area contributed by atoms with Crippen molar-refractivity contribution < 1.29 is 44.2 Å². The molecule has 4 rings (SSSR count). The Kier molecular flexibility index (Phi) is 5.37. The second-order valence-electron chi connectivity index (χ2n) is 8.65. The van der Waals surface area contributed by atoms with Gasteiger partial charge in [0.25, 0.3) is 5.91 Å². The van der Waals surface area contributed by atoms with Gasteiger partial charge in [-0.05, 0) is 74.7 Å². The fourth-order valence-corrected chi connectivity index (χ4v) is 6.56. The fraction of sp³-hybridized carbons (Fsp3) is 0.458. The third kappa shape index (κ3) is 4.58. The number of carbonyl (C=O) groups excluding carboxylic acids is 1. The molecule has 11 heteroatoms. The van der Waals surface area contributed by atoms with E-state index in [1.807, 2.05) is 0 Å². The predicted octanol–water partition coefficient (Wildman–Crippen LogP) is 3.31.